The largest absolute Gasteiger partial charge is 0.489 e. The summed E-state index contributed by atoms with van der Waals surface area (Å²) in [4.78, 5) is 38.9. The molecule has 0 aliphatic carbocycles. The van der Waals surface area contributed by atoms with E-state index in [1.54, 1.807) is 13.0 Å². The number of ketones is 1. The first-order valence-electron chi connectivity index (χ1n) is 11.1. The summed E-state index contributed by atoms with van der Waals surface area (Å²) in [5, 5.41) is 0. The molecule has 0 radical (unpaired) electrons. The van der Waals surface area contributed by atoms with Gasteiger partial charge in [0.15, 0.2) is 11.9 Å². The number of hydrogen-bond donors (Lipinski definition) is 0. The lowest BCUT2D eigenvalue weighted by Crippen LogP contribution is -2.37. The molecule has 0 aromatic rings. The van der Waals surface area contributed by atoms with Crippen LogP contribution in [0.3, 0.4) is 0 Å². The highest BCUT2D eigenvalue weighted by molar-refractivity contribution is 6.04. The summed E-state index contributed by atoms with van der Waals surface area (Å²) in [5.41, 5.74) is 2.10. The Bertz CT molecular complexity index is 907. The van der Waals surface area contributed by atoms with E-state index in [0.29, 0.717) is 37.0 Å². The van der Waals surface area contributed by atoms with Crippen molar-refractivity contribution >= 4 is 17.7 Å². The summed E-state index contributed by atoms with van der Waals surface area (Å²) >= 11 is 0. The molecule has 4 bridgehead atoms. The molecule has 0 spiro atoms. The van der Waals surface area contributed by atoms with Gasteiger partial charge in [0.1, 0.15) is 23.5 Å². The second kappa shape index (κ2) is 9.86. The Kier molecular flexibility index (Phi) is 7.39. The molecule has 1 unspecified atom stereocenters. The van der Waals surface area contributed by atoms with E-state index in [4.69, 9.17) is 18.9 Å². The number of carbonyl (C=O) groups is 3. The van der Waals surface area contributed by atoms with Crippen LogP contribution in [0.25, 0.3) is 0 Å². The van der Waals surface area contributed by atoms with Gasteiger partial charge in [-0.3, -0.25) is 4.79 Å². The highest BCUT2D eigenvalue weighted by Crippen LogP contribution is 2.39. The molecule has 0 saturated carbocycles. The van der Waals surface area contributed by atoms with Gasteiger partial charge >= 0.3 is 11.9 Å². The zero-order chi connectivity index (χ0) is 23.6. The quantitative estimate of drug-likeness (QED) is 0.471. The molecule has 5 atom stereocenters. The number of rotatable bonds is 5. The summed E-state index contributed by atoms with van der Waals surface area (Å²) in [6.07, 6.45) is 2.62. The van der Waals surface area contributed by atoms with Gasteiger partial charge < -0.3 is 18.9 Å². The van der Waals surface area contributed by atoms with Gasteiger partial charge in [0.05, 0.1) is 18.8 Å². The highest BCUT2D eigenvalue weighted by atomic mass is 16.6. The van der Waals surface area contributed by atoms with E-state index in [-0.39, 0.29) is 23.4 Å². The summed E-state index contributed by atoms with van der Waals surface area (Å²) in [6, 6.07) is 0. The first-order valence-corrected chi connectivity index (χ1v) is 11.1. The van der Waals surface area contributed by atoms with Crippen molar-refractivity contribution in [3.8, 4) is 0 Å². The lowest BCUT2D eigenvalue weighted by Gasteiger charge is -2.34. The molecule has 0 aromatic carbocycles. The minimum Gasteiger partial charge on any atom is -0.489 e. The Labute approximate surface area is 189 Å². The molecule has 3 aliphatic heterocycles. The minimum atomic E-state index is -1.17. The van der Waals surface area contributed by atoms with Crippen LogP contribution in [0.1, 0.15) is 53.4 Å². The number of fused-ring (bicyclic) bond motifs is 4. The van der Waals surface area contributed by atoms with E-state index in [1.165, 1.54) is 13.2 Å². The lowest BCUT2D eigenvalue weighted by atomic mass is 9.84. The van der Waals surface area contributed by atoms with Crippen LogP contribution in [0.15, 0.2) is 46.8 Å². The highest BCUT2D eigenvalue weighted by Gasteiger charge is 2.42. The molecule has 7 heteroatoms. The molecule has 32 heavy (non-hydrogen) atoms. The first kappa shape index (κ1) is 24.0. The monoisotopic (exact) mass is 444 g/mol. The number of methoxy groups -OCH3 is 1. The molecule has 7 nitrogen and oxygen atoms in total. The SMILES string of the molecule is C=C(C)[C@H]1C/C2=C(\C(=O)OC)[C@@H](OC(C)CC)C(=O)/C=C(/C)C[C@@H]3C=C(C(=O)O3)[C@H](C1)O2. The van der Waals surface area contributed by atoms with Crippen molar-refractivity contribution < 1.29 is 33.3 Å². The Morgan fingerprint density at radius 1 is 1.28 bits per heavy atom. The fraction of sp³-hybridized carbons (Fsp3) is 0.560. The van der Waals surface area contributed by atoms with E-state index in [0.717, 1.165) is 11.1 Å². The Hall–Kier alpha value is -2.67. The van der Waals surface area contributed by atoms with E-state index in [2.05, 4.69) is 6.58 Å². The van der Waals surface area contributed by atoms with Crippen LogP contribution in [-0.2, 0) is 33.3 Å². The maximum Gasteiger partial charge on any atom is 0.340 e. The van der Waals surface area contributed by atoms with Crippen molar-refractivity contribution in [3.63, 3.8) is 0 Å². The zero-order valence-corrected chi connectivity index (χ0v) is 19.4. The predicted octanol–water partition coefficient (Wildman–Crippen LogP) is 3.74. The summed E-state index contributed by atoms with van der Waals surface area (Å²) in [5.74, 6) is -1.25. The molecule has 0 aromatic heterocycles. The second-order valence-electron chi connectivity index (χ2n) is 8.82. The van der Waals surface area contributed by atoms with Crippen molar-refractivity contribution in [2.24, 2.45) is 5.92 Å². The van der Waals surface area contributed by atoms with E-state index >= 15 is 0 Å². The van der Waals surface area contributed by atoms with Gasteiger partial charge in [0, 0.05) is 12.8 Å². The summed E-state index contributed by atoms with van der Waals surface area (Å²) in [6.45, 7) is 11.6. The van der Waals surface area contributed by atoms with Crippen LogP contribution >= 0.6 is 0 Å². The van der Waals surface area contributed by atoms with Crippen LogP contribution in [0.5, 0.6) is 0 Å². The van der Waals surface area contributed by atoms with Crippen molar-refractivity contribution in [1.29, 1.82) is 0 Å². The maximum absolute atomic E-state index is 13.3. The fourth-order valence-corrected chi connectivity index (χ4v) is 4.20. The molecular formula is C25H32O7. The zero-order valence-electron chi connectivity index (χ0n) is 19.4. The Morgan fingerprint density at radius 3 is 2.62 bits per heavy atom. The number of carbonyl (C=O) groups excluding carboxylic acids is 3. The number of esters is 2. The van der Waals surface area contributed by atoms with Crippen LogP contribution in [0.2, 0.25) is 0 Å². The van der Waals surface area contributed by atoms with E-state index in [1.807, 2.05) is 20.8 Å². The maximum atomic E-state index is 13.3. The molecule has 3 heterocycles. The first-order chi connectivity index (χ1) is 15.1. The van der Waals surface area contributed by atoms with Gasteiger partial charge in [0.2, 0.25) is 0 Å². The van der Waals surface area contributed by atoms with Gasteiger partial charge in [-0.15, -0.1) is 0 Å². The van der Waals surface area contributed by atoms with Crippen molar-refractivity contribution in [1.82, 2.24) is 0 Å². The fourth-order valence-electron chi connectivity index (χ4n) is 4.20. The van der Waals surface area contributed by atoms with Crippen LogP contribution in [-0.4, -0.2) is 49.2 Å². The normalized spacial score (nSPS) is 32.9. The number of allylic oxidation sites excluding steroid dienone is 2. The topological polar surface area (TPSA) is 88.1 Å². The molecule has 3 rings (SSSR count). The van der Waals surface area contributed by atoms with Gasteiger partial charge in [-0.25, -0.2) is 9.59 Å². The minimum absolute atomic E-state index is 0.0434. The average molecular weight is 445 g/mol. The van der Waals surface area contributed by atoms with Crippen LogP contribution in [0, 0.1) is 5.92 Å². The number of ether oxygens (including phenoxy) is 4. The molecule has 1 fully saturated rings. The molecular weight excluding hydrogens is 412 g/mol. The molecule has 3 aliphatic rings. The third-order valence-electron chi connectivity index (χ3n) is 6.20. The summed E-state index contributed by atoms with van der Waals surface area (Å²) in [7, 11) is 1.26. The standard InChI is InChI=1S/C25H32O7/c1-7-15(5)30-23-19(26)9-14(4)8-17-12-18(24(27)31-17)20-10-16(13(2)3)11-21(32-20)22(23)25(28)29-6/h9,12,15-17,20,23H,2,7-8,10-11H2,1,3-6H3/b14-9-,22-21+/t15?,16-,17-,20+,23+/m1/s1. The van der Waals surface area contributed by atoms with Gasteiger partial charge in [-0.05, 0) is 51.7 Å². The second-order valence-corrected chi connectivity index (χ2v) is 8.82. The predicted molar refractivity (Wildman–Crippen MR) is 117 cm³/mol. The van der Waals surface area contributed by atoms with Crippen LogP contribution < -0.4 is 0 Å². The molecule has 1 saturated heterocycles. The molecule has 174 valence electrons. The third-order valence-corrected chi connectivity index (χ3v) is 6.20. The Morgan fingerprint density at radius 2 is 2.00 bits per heavy atom. The average Bonchev–Trinajstić information content (AvgIpc) is 3.11. The molecule has 0 amide bonds. The van der Waals surface area contributed by atoms with Crippen molar-refractivity contribution in [3.05, 3.63) is 46.8 Å². The Balaban J connectivity index is 2.22. The van der Waals surface area contributed by atoms with Crippen molar-refractivity contribution in [2.45, 2.75) is 77.8 Å². The van der Waals surface area contributed by atoms with Gasteiger partial charge in [0.25, 0.3) is 0 Å². The summed E-state index contributed by atoms with van der Waals surface area (Å²) < 4.78 is 22.8. The van der Waals surface area contributed by atoms with Gasteiger partial charge in [-0.2, -0.15) is 0 Å². The van der Waals surface area contributed by atoms with Crippen LogP contribution in [0.4, 0.5) is 0 Å². The smallest absolute Gasteiger partial charge is 0.340 e. The lowest BCUT2D eigenvalue weighted by molar-refractivity contribution is -0.142. The van der Waals surface area contributed by atoms with Crippen molar-refractivity contribution in [2.75, 3.05) is 7.11 Å². The van der Waals surface area contributed by atoms with Gasteiger partial charge in [-0.1, -0.05) is 24.6 Å². The third kappa shape index (κ3) is 5.04. The van der Waals surface area contributed by atoms with E-state index < -0.39 is 30.3 Å². The number of hydrogen-bond acceptors (Lipinski definition) is 7. The molecule has 0 N–H and O–H groups in total. The van der Waals surface area contributed by atoms with E-state index in [9.17, 15) is 14.4 Å².